The number of hydrogen-bond donors (Lipinski definition) is 0. The third kappa shape index (κ3) is 4.72. The predicted octanol–water partition coefficient (Wildman–Crippen LogP) is 14.3. The predicted molar refractivity (Wildman–Crippen MR) is 244 cm³/mol. The molecule has 58 heavy (non-hydrogen) atoms. The summed E-state index contributed by atoms with van der Waals surface area (Å²) >= 11 is 0. The monoisotopic (exact) mass is 740 g/mol. The second-order valence-electron chi connectivity index (χ2n) is 16.7. The summed E-state index contributed by atoms with van der Waals surface area (Å²) in [5, 5.41) is 5.13. The summed E-state index contributed by atoms with van der Waals surface area (Å²) in [5.74, 6) is 0. The minimum absolute atomic E-state index is 1.06. The number of para-hydroxylation sites is 2. The molecular weight excluding hydrogens is 701 g/mol. The van der Waals surface area contributed by atoms with Gasteiger partial charge in [-0.25, -0.2) is 0 Å². The first-order valence-electron chi connectivity index (χ1n) is 20.9. The fourth-order valence-electron chi connectivity index (χ4n) is 10.9. The van der Waals surface area contributed by atoms with Gasteiger partial charge in [0.2, 0.25) is 0 Å². The lowest BCUT2D eigenvalue weighted by Gasteiger charge is -2.17. The molecule has 13 rings (SSSR count). The summed E-state index contributed by atoms with van der Waals surface area (Å²) in [6.45, 7) is 0. The Kier molecular flexibility index (Phi) is 6.83. The lowest BCUT2D eigenvalue weighted by atomic mass is 9.89. The van der Waals surface area contributed by atoms with Crippen molar-refractivity contribution in [2.45, 2.75) is 38.5 Å². The van der Waals surface area contributed by atoms with Crippen molar-refractivity contribution in [1.82, 2.24) is 9.13 Å². The van der Waals surface area contributed by atoms with Gasteiger partial charge in [-0.3, -0.25) is 0 Å². The van der Waals surface area contributed by atoms with Crippen molar-refractivity contribution in [2.75, 3.05) is 0 Å². The van der Waals surface area contributed by atoms with Gasteiger partial charge in [-0.05, 0) is 143 Å². The van der Waals surface area contributed by atoms with Crippen LogP contribution in [-0.4, -0.2) is 9.13 Å². The van der Waals surface area contributed by atoms with Crippen LogP contribution in [0.2, 0.25) is 0 Å². The maximum Gasteiger partial charge on any atom is 0.0548 e. The van der Waals surface area contributed by atoms with E-state index >= 15 is 0 Å². The molecule has 2 heterocycles. The highest BCUT2D eigenvalue weighted by Gasteiger charge is 2.27. The van der Waals surface area contributed by atoms with Gasteiger partial charge in [-0.1, -0.05) is 132 Å². The Balaban J connectivity index is 0.985. The maximum atomic E-state index is 2.52. The highest BCUT2D eigenvalue weighted by molar-refractivity contribution is 6.19. The molecule has 0 atom stereocenters. The summed E-state index contributed by atoms with van der Waals surface area (Å²) in [7, 11) is 0. The number of allylic oxidation sites excluding steroid dienone is 8. The summed E-state index contributed by atoms with van der Waals surface area (Å²) in [4.78, 5) is 0. The first kappa shape index (κ1) is 32.2. The summed E-state index contributed by atoms with van der Waals surface area (Å²) in [6, 6.07) is 59.2. The minimum atomic E-state index is 1.06. The van der Waals surface area contributed by atoms with Crippen LogP contribution in [0, 0.1) is 0 Å². The van der Waals surface area contributed by atoms with Crippen LogP contribution < -0.4 is 0 Å². The molecule has 0 spiro atoms. The molecule has 0 aliphatic heterocycles. The van der Waals surface area contributed by atoms with Gasteiger partial charge in [0.05, 0.1) is 22.1 Å². The smallest absolute Gasteiger partial charge is 0.0548 e. The molecule has 7 aromatic carbocycles. The van der Waals surface area contributed by atoms with Gasteiger partial charge in [0.1, 0.15) is 0 Å². The Hall–Kier alpha value is -6.90. The van der Waals surface area contributed by atoms with E-state index in [2.05, 4.69) is 179 Å². The van der Waals surface area contributed by atoms with Gasteiger partial charge >= 0.3 is 0 Å². The topological polar surface area (TPSA) is 9.86 Å². The van der Waals surface area contributed by atoms with Gasteiger partial charge in [0, 0.05) is 32.9 Å². The zero-order valence-electron chi connectivity index (χ0n) is 32.3. The van der Waals surface area contributed by atoms with E-state index in [1.54, 1.807) is 11.1 Å². The van der Waals surface area contributed by atoms with E-state index in [0.29, 0.717) is 0 Å². The molecule has 4 aliphatic rings. The van der Waals surface area contributed by atoms with Crippen molar-refractivity contribution in [3.05, 3.63) is 214 Å². The summed E-state index contributed by atoms with van der Waals surface area (Å²) in [5.41, 5.74) is 24.7. The summed E-state index contributed by atoms with van der Waals surface area (Å²) in [6.07, 6.45) is 11.6. The quantitative estimate of drug-likeness (QED) is 0.170. The molecule has 0 radical (unpaired) electrons. The number of benzene rings is 7. The molecule has 0 saturated heterocycles. The Morgan fingerprint density at radius 3 is 1.24 bits per heavy atom. The van der Waals surface area contributed by atoms with Crippen LogP contribution in [0.1, 0.15) is 59.1 Å². The Morgan fingerprint density at radius 2 is 0.776 bits per heavy atom. The van der Waals surface area contributed by atoms with E-state index in [9.17, 15) is 0 Å². The first-order valence-corrected chi connectivity index (χ1v) is 20.9. The fraction of sp³-hybridized carbons (Fsp3) is 0.107. The molecule has 274 valence electrons. The van der Waals surface area contributed by atoms with Crippen molar-refractivity contribution in [1.29, 1.82) is 0 Å². The van der Waals surface area contributed by atoms with Crippen LogP contribution in [0.4, 0.5) is 0 Å². The molecule has 0 amide bonds. The number of hydrogen-bond acceptors (Lipinski definition) is 0. The Morgan fingerprint density at radius 1 is 0.345 bits per heavy atom. The number of rotatable bonds is 4. The minimum Gasteiger partial charge on any atom is -0.309 e. The maximum absolute atomic E-state index is 2.52. The van der Waals surface area contributed by atoms with Gasteiger partial charge in [-0.15, -0.1) is 0 Å². The van der Waals surface area contributed by atoms with E-state index in [1.165, 1.54) is 111 Å². The molecule has 0 unspecified atom stereocenters. The standard InChI is InChI=1S/C56H40N2/c1-3-11-35(12-4-1)37-19-21-39-27-41-23-25-43(31-49(41)47(39)29-37)57-53-17-9-7-15-45(53)51-34-56-52(33-55(51)57)46-16-8-10-18-54(46)58(56)44-26-24-42-28-40-22-20-38(30-48(40)50(42)32-44)36-13-5-2-6-14-36/h1-18,23-26,29-34H,19-22,27-28H2. The first-order chi connectivity index (χ1) is 28.7. The third-order valence-electron chi connectivity index (χ3n) is 13.6. The highest BCUT2D eigenvalue weighted by atomic mass is 15.0. The number of nitrogens with zero attached hydrogens (tertiary/aromatic N) is 2. The largest absolute Gasteiger partial charge is 0.309 e. The van der Waals surface area contributed by atoms with Crippen molar-refractivity contribution in [3.63, 3.8) is 0 Å². The van der Waals surface area contributed by atoms with E-state index in [1.807, 2.05) is 0 Å². The SMILES string of the molecule is C1=C(c2ccccc2)CCC2=C1c1cc(-n3c4ccccc4c4cc5c(cc43)c3ccccc3n5-c3ccc4c(c3)C3=C(CCC(c5ccccc5)=C3)C4)ccc1C2. The Bertz CT molecular complexity index is 3130. The van der Waals surface area contributed by atoms with Crippen molar-refractivity contribution >= 4 is 65.9 Å². The van der Waals surface area contributed by atoms with Crippen LogP contribution in [-0.2, 0) is 12.8 Å². The van der Waals surface area contributed by atoms with Crippen LogP contribution >= 0.6 is 0 Å². The van der Waals surface area contributed by atoms with E-state index in [4.69, 9.17) is 0 Å². The van der Waals surface area contributed by atoms with Gasteiger partial charge in [0.25, 0.3) is 0 Å². The molecular formula is C56H40N2. The molecule has 4 aliphatic carbocycles. The van der Waals surface area contributed by atoms with E-state index in [-0.39, 0.29) is 0 Å². The van der Waals surface area contributed by atoms with Crippen molar-refractivity contribution < 1.29 is 0 Å². The molecule has 0 N–H and O–H groups in total. The highest BCUT2D eigenvalue weighted by Crippen LogP contribution is 2.47. The number of fused-ring (bicyclic) bond motifs is 10. The summed E-state index contributed by atoms with van der Waals surface area (Å²) < 4.78 is 5.03. The average molecular weight is 741 g/mol. The van der Waals surface area contributed by atoms with Crippen LogP contribution in [0.5, 0.6) is 0 Å². The normalized spacial score (nSPS) is 15.9. The average Bonchev–Trinajstić information content (AvgIpc) is 4.03. The Labute approximate surface area is 338 Å². The second-order valence-corrected chi connectivity index (χ2v) is 16.7. The lowest BCUT2D eigenvalue weighted by molar-refractivity contribution is 0.947. The molecule has 2 heteroatoms. The second kappa shape index (κ2) is 12.3. The zero-order chi connectivity index (χ0) is 37.9. The van der Waals surface area contributed by atoms with Gasteiger partial charge < -0.3 is 9.13 Å². The molecule has 2 nitrogen and oxygen atoms in total. The molecule has 9 aromatic rings. The lowest BCUT2D eigenvalue weighted by Crippen LogP contribution is -1.98. The zero-order valence-corrected chi connectivity index (χ0v) is 32.3. The van der Waals surface area contributed by atoms with Gasteiger partial charge in [-0.2, -0.15) is 0 Å². The molecule has 0 fully saturated rings. The van der Waals surface area contributed by atoms with Crippen LogP contribution in [0.25, 0.3) is 77.3 Å². The van der Waals surface area contributed by atoms with Crippen LogP contribution in [0.3, 0.4) is 0 Å². The number of aromatic nitrogens is 2. The molecule has 2 aromatic heterocycles. The van der Waals surface area contributed by atoms with Gasteiger partial charge in [0.15, 0.2) is 0 Å². The molecule has 0 saturated carbocycles. The van der Waals surface area contributed by atoms with Crippen LogP contribution in [0.15, 0.2) is 181 Å². The third-order valence-corrected chi connectivity index (χ3v) is 13.6. The van der Waals surface area contributed by atoms with Crippen molar-refractivity contribution in [2.24, 2.45) is 0 Å². The van der Waals surface area contributed by atoms with E-state index in [0.717, 1.165) is 38.5 Å². The fourth-order valence-corrected chi connectivity index (χ4v) is 10.9. The molecule has 0 bridgehead atoms. The van der Waals surface area contributed by atoms with Crippen molar-refractivity contribution in [3.8, 4) is 11.4 Å². The van der Waals surface area contributed by atoms with E-state index < -0.39 is 0 Å².